The van der Waals surface area contributed by atoms with E-state index in [9.17, 15) is 0 Å². The molecule has 0 radical (unpaired) electrons. The van der Waals surface area contributed by atoms with Crippen molar-refractivity contribution in [3.05, 3.63) is 23.9 Å². The van der Waals surface area contributed by atoms with E-state index in [1.54, 1.807) is 0 Å². The van der Waals surface area contributed by atoms with Gasteiger partial charge in [0.1, 0.15) is 0 Å². The van der Waals surface area contributed by atoms with Crippen molar-refractivity contribution in [2.75, 3.05) is 13.6 Å². The lowest BCUT2D eigenvalue weighted by Gasteiger charge is -2.29. The van der Waals surface area contributed by atoms with Gasteiger partial charge in [0.15, 0.2) is 0 Å². The second-order valence-corrected chi connectivity index (χ2v) is 5.99. The largest absolute Gasteiger partial charge is 0.386 e. The van der Waals surface area contributed by atoms with Crippen molar-refractivity contribution in [3.63, 3.8) is 0 Å². The smallest absolute Gasteiger partial charge is 0.0346 e. The van der Waals surface area contributed by atoms with E-state index >= 15 is 0 Å². The zero-order valence-corrected chi connectivity index (χ0v) is 12.0. The number of hydrogen-bond donors (Lipinski definition) is 2. The minimum atomic E-state index is 0.126. The molecule has 0 bridgehead atoms. The van der Waals surface area contributed by atoms with Crippen LogP contribution in [0.2, 0.25) is 0 Å². The van der Waals surface area contributed by atoms with Crippen LogP contribution in [0.5, 0.6) is 0 Å². The Kier molecular flexibility index (Phi) is 5.12. The topological polar surface area (TPSA) is 24.1 Å². The summed E-state index contributed by atoms with van der Waals surface area (Å²) >= 11 is 2.54. The summed E-state index contributed by atoms with van der Waals surface area (Å²) in [4.78, 5) is 0. The molecule has 0 saturated carbocycles. The molecule has 0 aromatic heterocycles. The average molecular weight is 320 g/mol. The summed E-state index contributed by atoms with van der Waals surface area (Å²) in [5.41, 5.74) is 1.38. The van der Waals surface area contributed by atoms with Gasteiger partial charge < -0.3 is 10.6 Å². The number of hydrogen-bond acceptors (Lipinski definition) is 2. The van der Waals surface area contributed by atoms with Crippen LogP contribution in [0.15, 0.2) is 23.9 Å². The van der Waals surface area contributed by atoms with Gasteiger partial charge in [0, 0.05) is 21.7 Å². The van der Waals surface area contributed by atoms with Gasteiger partial charge in [-0.3, -0.25) is 0 Å². The number of rotatable bonds is 3. The van der Waals surface area contributed by atoms with Crippen molar-refractivity contribution >= 4 is 22.6 Å². The first kappa shape index (κ1) is 13.0. The third-order valence-corrected chi connectivity index (χ3v) is 3.77. The highest BCUT2D eigenvalue weighted by molar-refractivity contribution is 14.1. The van der Waals surface area contributed by atoms with Crippen molar-refractivity contribution in [2.24, 2.45) is 0 Å². The van der Waals surface area contributed by atoms with Crippen LogP contribution in [0.4, 0.5) is 0 Å². The van der Waals surface area contributed by atoms with Crippen molar-refractivity contribution < 1.29 is 0 Å². The van der Waals surface area contributed by atoms with Crippen LogP contribution in [-0.2, 0) is 0 Å². The molecule has 3 heteroatoms. The minimum Gasteiger partial charge on any atom is -0.386 e. The molecule has 0 heterocycles. The SMILES string of the molecule is CCNC1=CCC(I)CC(C)(NC)C=C1. The molecular weight excluding hydrogens is 299 g/mol. The summed E-state index contributed by atoms with van der Waals surface area (Å²) in [5.74, 6) is 0. The summed E-state index contributed by atoms with van der Waals surface area (Å²) in [6.45, 7) is 5.37. The molecule has 0 spiro atoms. The molecule has 0 amide bonds. The Balaban J connectivity index is 2.80. The molecule has 2 unspecified atom stereocenters. The maximum atomic E-state index is 3.39. The monoisotopic (exact) mass is 320 g/mol. The van der Waals surface area contributed by atoms with E-state index in [0.717, 1.165) is 13.0 Å². The zero-order valence-electron chi connectivity index (χ0n) is 9.81. The first-order valence-corrected chi connectivity index (χ1v) is 6.80. The van der Waals surface area contributed by atoms with E-state index in [1.165, 1.54) is 12.1 Å². The molecule has 86 valence electrons. The highest BCUT2D eigenvalue weighted by atomic mass is 127. The summed E-state index contributed by atoms with van der Waals surface area (Å²) in [7, 11) is 2.03. The molecule has 0 aliphatic heterocycles. The van der Waals surface area contributed by atoms with E-state index in [0.29, 0.717) is 3.92 Å². The molecule has 0 saturated heterocycles. The predicted octanol–water partition coefficient (Wildman–Crippen LogP) is 2.61. The first-order valence-electron chi connectivity index (χ1n) is 5.56. The Hall–Kier alpha value is -0.0300. The first-order chi connectivity index (χ1) is 7.09. The van der Waals surface area contributed by atoms with E-state index in [-0.39, 0.29) is 5.54 Å². The quantitative estimate of drug-likeness (QED) is 0.617. The molecule has 1 aliphatic carbocycles. The highest BCUT2D eigenvalue weighted by Crippen LogP contribution is 2.24. The van der Waals surface area contributed by atoms with Crippen molar-refractivity contribution in [3.8, 4) is 0 Å². The van der Waals surface area contributed by atoms with Crippen molar-refractivity contribution in [1.82, 2.24) is 10.6 Å². The zero-order chi connectivity index (χ0) is 11.3. The molecule has 1 rings (SSSR count). The maximum Gasteiger partial charge on any atom is 0.0346 e. The summed E-state index contributed by atoms with van der Waals surface area (Å²) in [6, 6.07) is 0. The van der Waals surface area contributed by atoms with E-state index in [1.807, 2.05) is 7.05 Å². The van der Waals surface area contributed by atoms with E-state index < -0.39 is 0 Å². The van der Waals surface area contributed by atoms with Crippen LogP contribution in [-0.4, -0.2) is 23.1 Å². The minimum absolute atomic E-state index is 0.126. The molecule has 1 aliphatic rings. The summed E-state index contributed by atoms with van der Waals surface area (Å²) < 4.78 is 0.693. The standard InChI is InChI=1S/C12H21IN2/c1-4-15-11-6-5-10(13)9-12(2,14-3)8-7-11/h6-8,10,14-15H,4-5,9H2,1-3H3. The van der Waals surface area contributed by atoms with Gasteiger partial charge in [0.05, 0.1) is 0 Å². The van der Waals surface area contributed by atoms with Gasteiger partial charge in [0.2, 0.25) is 0 Å². The molecule has 0 fully saturated rings. The van der Waals surface area contributed by atoms with Crippen LogP contribution in [0.1, 0.15) is 26.7 Å². The van der Waals surface area contributed by atoms with Crippen LogP contribution < -0.4 is 10.6 Å². The van der Waals surface area contributed by atoms with Crippen LogP contribution in [0.25, 0.3) is 0 Å². The number of allylic oxidation sites excluding steroid dienone is 2. The molecule has 0 aromatic rings. The van der Waals surface area contributed by atoms with Gasteiger partial charge in [-0.2, -0.15) is 0 Å². The lowest BCUT2D eigenvalue weighted by Crippen LogP contribution is -2.40. The fraction of sp³-hybridized carbons (Fsp3) is 0.667. The van der Waals surface area contributed by atoms with Gasteiger partial charge >= 0.3 is 0 Å². The second kappa shape index (κ2) is 5.89. The second-order valence-electron chi connectivity index (χ2n) is 4.23. The summed E-state index contributed by atoms with van der Waals surface area (Å²) in [5, 5.41) is 6.77. The molecule has 2 atom stereocenters. The predicted molar refractivity (Wildman–Crippen MR) is 75.4 cm³/mol. The molecule has 2 N–H and O–H groups in total. The van der Waals surface area contributed by atoms with Crippen LogP contribution in [0.3, 0.4) is 0 Å². The maximum absolute atomic E-state index is 3.39. The van der Waals surface area contributed by atoms with Gasteiger partial charge in [-0.25, -0.2) is 0 Å². The summed E-state index contributed by atoms with van der Waals surface area (Å²) in [6.07, 6.45) is 9.09. The van der Waals surface area contributed by atoms with Crippen molar-refractivity contribution in [1.29, 1.82) is 0 Å². The van der Waals surface area contributed by atoms with Crippen molar-refractivity contribution in [2.45, 2.75) is 36.2 Å². The lowest BCUT2D eigenvalue weighted by molar-refractivity contribution is 0.440. The van der Waals surface area contributed by atoms with Crippen LogP contribution in [0, 0.1) is 0 Å². The Morgan fingerprint density at radius 1 is 1.60 bits per heavy atom. The molecule has 15 heavy (non-hydrogen) atoms. The van der Waals surface area contributed by atoms with Gasteiger partial charge in [0.25, 0.3) is 0 Å². The fourth-order valence-corrected chi connectivity index (χ4v) is 2.90. The lowest BCUT2D eigenvalue weighted by atomic mass is 9.92. The Bertz CT molecular complexity index is 260. The molecular formula is C12H21IN2. The van der Waals surface area contributed by atoms with Crippen LogP contribution >= 0.6 is 22.6 Å². The van der Waals surface area contributed by atoms with Gasteiger partial charge in [-0.05, 0) is 39.8 Å². The number of halogens is 1. The van der Waals surface area contributed by atoms with E-state index in [2.05, 4.69) is 65.3 Å². The normalized spacial score (nSPS) is 31.7. The number of alkyl halides is 1. The fourth-order valence-electron chi connectivity index (χ4n) is 1.73. The van der Waals surface area contributed by atoms with Gasteiger partial charge in [-0.1, -0.05) is 34.7 Å². The van der Waals surface area contributed by atoms with E-state index in [4.69, 9.17) is 0 Å². The third-order valence-electron chi connectivity index (χ3n) is 2.82. The Labute approximate surface area is 107 Å². The number of likely N-dealkylation sites (N-methyl/N-ethyl adjacent to an activating group) is 2. The molecule has 2 nitrogen and oxygen atoms in total. The Morgan fingerprint density at radius 2 is 2.33 bits per heavy atom. The van der Waals surface area contributed by atoms with Gasteiger partial charge in [-0.15, -0.1) is 0 Å². The highest BCUT2D eigenvalue weighted by Gasteiger charge is 2.23. The molecule has 0 aromatic carbocycles. The Morgan fingerprint density at radius 3 is 2.93 bits per heavy atom. The average Bonchev–Trinajstić information content (AvgIpc) is 2.20. The third kappa shape index (κ3) is 4.15. The number of nitrogens with one attached hydrogen (secondary N) is 2.